The maximum atomic E-state index is 14.3. The van der Waals surface area contributed by atoms with Gasteiger partial charge in [0, 0.05) is 5.02 Å². The van der Waals surface area contributed by atoms with E-state index in [4.69, 9.17) is 21.1 Å². The lowest BCUT2D eigenvalue weighted by molar-refractivity contribution is -0.114. The van der Waals surface area contributed by atoms with E-state index in [-0.39, 0.29) is 22.9 Å². The van der Waals surface area contributed by atoms with Gasteiger partial charge in [-0.15, -0.1) is 0 Å². The number of nitrogens with zero attached hydrogens (tertiary/aromatic N) is 2. The van der Waals surface area contributed by atoms with Crippen LogP contribution in [0.4, 0.5) is 27.6 Å². The van der Waals surface area contributed by atoms with Gasteiger partial charge in [0.15, 0.2) is 34.8 Å². The van der Waals surface area contributed by atoms with Crippen LogP contribution in [0.1, 0.15) is 18.1 Å². The zero-order chi connectivity index (χ0) is 27.0. The predicted molar refractivity (Wildman–Crippen MR) is 136 cm³/mol. The number of benzene rings is 3. The molecule has 1 heterocycles. The van der Waals surface area contributed by atoms with Gasteiger partial charge in [0.1, 0.15) is 12.3 Å². The Labute approximate surface area is 226 Å². The first-order chi connectivity index (χ1) is 17.5. The third-order valence-electron chi connectivity index (χ3n) is 5.32. The Morgan fingerprint density at radius 3 is 2.19 bits per heavy atom. The van der Waals surface area contributed by atoms with Crippen molar-refractivity contribution in [3.8, 4) is 11.5 Å². The van der Waals surface area contributed by atoms with Crippen molar-refractivity contribution >= 4 is 57.6 Å². The number of hydrazone groups is 1. The highest BCUT2D eigenvalue weighted by Crippen LogP contribution is 2.37. The Hall–Kier alpha value is -3.19. The molecular weight excluding hydrogens is 634 g/mol. The van der Waals surface area contributed by atoms with Crippen LogP contribution in [-0.2, 0) is 11.4 Å². The topological polar surface area (TPSA) is 51.1 Å². The summed E-state index contributed by atoms with van der Waals surface area (Å²) in [5.74, 6) is -11.3. The Morgan fingerprint density at radius 1 is 1.00 bits per heavy atom. The van der Waals surface area contributed by atoms with Gasteiger partial charge in [-0.05, 0) is 71.0 Å². The summed E-state index contributed by atoms with van der Waals surface area (Å²) in [6, 6.07) is 10.3. The molecule has 0 saturated carbocycles. The van der Waals surface area contributed by atoms with E-state index in [0.29, 0.717) is 25.7 Å². The van der Waals surface area contributed by atoms with E-state index in [1.165, 1.54) is 20.1 Å². The fourth-order valence-electron chi connectivity index (χ4n) is 3.48. The average Bonchev–Trinajstić information content (AvgIpc) is 3.14. The van der Waals surface area contributed by atoms with Crippen LogP contribution in [0.25, 0.3) is 6.08 Å². The first kappa shape index (κ1) is 26.9. The zero-order valence-corrected chi connectivity index (χ0v) is 21.9. The highest BCUT2D eigenvalue weighted by atomic mass is 127. The molecule has 0 radical (unpaired) electrons. The Balaban J connectivity index is 1.65. The van der Waals surface area contributed by atoms with Crippen LogP contribution in [0.3, 0.4) is 0 Å². The van der Waals surface area contributed by atoms with E-state index in [0.717, 1.165) is 5.56 Å². The van der Waals surface area contributed by atoms with Crippen molar-refractivity contribution in [2.45, 2.75) is 13.5 Å². The van der Waals surface area contributed by atoms with Gasteiger partial charge < -0.3 is 9.47 Å². The summed E-state index contributed by atoms with van der Waals surface area (Å²) < 4.78 is 81.3. The number of carbonyl (C=O) groups is 1. The maximum Gasteiger partial charge on any atom is 0.280 e. The number of rotatable bonds is 6. The molecule has 37 heavy (non-hydrogen) atoms. The van der Waals surface area contributed by atoms with E-state index in [1.54, 1.807) is 24.3 Å². The second kappa shape index (κ2) is 10.7. The fourth-order valence-corrected chi connectivity index (χ4v) is 4.39. The molecule has 1 amide bonds. The molecule has 1 aliphatic heterocycles. The molecule has 0 unspecified atom stereocenters. The van der Waals surface area contributed by atoms with E-state index in [1.807, 2.05) is 34.7 Å². The smallest absolute Gasteiger partial charge is 0.280 e. The molecule has 4 rings (SSSR count). The molecule has 1 aliphatic rings. The molecular formula is C25H15ClF5IN2O3. The standard InChI is InChI=1S/C25H15ClF5IN2O3/c1-11-15(25(35)34(33-11)23-21(30)19(28)18(27)20(29)22(23)31)7-13-8-16(32)24(17(9-13)36-2)37-10-12-3-5-14(26)6-4-12/h3-9H,10H2,1-2H3/b15-7-. The Bertz CT molecular complexity index is 1450. The van der Waals surface area contributed by atoms with Gasteiger partial charge in [-0.25, -0.2) is 22.0 Å². The number of halogens is 7. The van der Waals surface area contributed by atoms with Crippen LogP contribution in [0.5, 0.6) is 11.5 Å². The molecule has 3 aromatic rings. The third kappa shape index (κ3) is 5.14. The van der Waals surface area contributed by atoms with Gasteiger partial charge in [-0.3, -0.25) is 4.79 Å². The fraction of sp³-hybridized carbons (Fsp3) is 0.120. The summed E-state index contributed by atoms with van der Waals surface area (Å²) in [6.07, 6.45) is 1.36. The van der Waals surface area contributed by atoms with Crippen molar-refractivity contribution < 1.29 is 36.2 Å². The summed E-state index contributed by atoms with van der Waals surface area (Å²) in [6.45, 7) is 1.59. The largest absolute Gasteiger partial charge is 0.493 e. The van der Waals surface area contributed by atoms with Gasteiger partial charge in [0.2, 0.25) is 5.82 Å². The molecule has 12 heteroatoms. The Kier molecular flexibility index (Phi) is 7.74. The van der Waals surface area contributed by atoms with Crippen molar-refractivity contribution in [2.75, 3.05) is 12.1 Å². The molecule has 5 nitrogen and oxygen atoms in total. The second-order valence-corrected chi connectivity index (χ2v) is 9.33. The lowest BCUT2D eigenvalue weighted by atomic mass is 10.1. The van der Waals surface area contributed by atoms with Crippen LogP contribution in [-0.4, -0.2) is 18.7 Å². The van der Waals surface area contributed by atoms with Gasteiger partial charge >= 0.3 is 0 Å². The van der Waals surface area contributed by atoms with Gasteiger partial charge in [-0.1, -0.05) is 23.7 Å². The molecule has 0 aliphatic carbocycles. The van der Waals surface area contributed by atoms with E-state index < -0.39 is 40.7 Å². The van der Waals surface area contributed by atoms with E-state index in [9.17, 15) is 26.7 Å². The minimum Gasteiger partial charge on any atom is -0.493 e. The van der Waals surface area contributed by atoms with Crippen molar-refractivity contribution in [1.29, 1.82) is 0 Å². The normalized spacial score (nSPS) is 14.4. The van der Waals surface area contributed by atoms with Crippen LogP contribution in [0.2, 0.25) is 5.02 Å². The summed E-state index contributed by atoms with van der Waals surface area (Å²) in [7, 11) is 1.43. The molecule has 0 fully saturated rings. The molecule has 192 valence electrons. The lowest BCUT2D eigenvalue weighted by Crippen LogP contribution is -2.25. The Morgan fingerprint density at radius 2 is 1.59 bits per heavy atom. The van der Waals surface area contributed by atoms with Gasteiger partial charge in [-0.2, -0.15) is 10.1 Å². The third-order valence-corrected chi connectivity index (χ3v) is 6.37. The summed E-state index contributed by atoms with van der Waals surface area (Å²) in [4.78, 5) is 12.9. The molecule has 0 bridgehead atoms. The quantitative estimate of drug-likeness (QED) is 0.0949. The first-order valence-electron chi connectivity index (χ1n) is 10.4. The first-order valence-corrected chi connectivity index (χ1v) is 11.9. The number of ether oxygens (including phenoxy) is 2. The highest BCUT2D eigenvalue weighted by Gasteiger charge is 2.37. The summed E-state index contributed by atoms with van der Waals surface area (Å²) >= 11 is 7.91. The van der Waals surface area contributed by atoms with E-state index >= 15 is 0 Å². The highest BCUT2D eigenvalue weighted by molar-refractivity contribution is 14.1. The lowest BCUT2D eigenvalue weighted by Gasteiger charge is -2.15. The van der Waals surface area contributed by atoms with E-state index in [2.05, 4.69) is 5.10 Å². The molecule has 3 aromatic carbocycles. The molecule has 0 aromatic heterocycles. The number of hydrogen-bond donors (Lipinski definition) is 0. The number of amides is 1. The molecule has 0 atom stereocenters. The number of anilines is 1. The van der Waals surface area contributed by atoms with Crippen molar-refractivity contribution in [3.05, 3.63) is 90.8 Å². The summed E-state index contributed by atoms with van der Waals surface area (Å²) in [5, 5.41) is 4.48. The predicted octanol–water partition coefficient (Wildman–Crippen LogP) is 7.03. The van der Waals surface area contributed by atoms with Gasteiger partial charge in [0.25, 0.3) is 5.91 Å². The minimum atomic E-state index is -2.33. The van der Waals surface area contributed by atoms with Crippen molar-refractivity contribution in [2.24, 2.45) is 5.10 Å². The van der Waals surface area contributed by atoms with Crippen LogP contribution < -0.4 is 14.5 Å². The average molecular weight is 649 g/mol. The van der Waals surface area contributed by atoms with Crippen LogP contribution in [0, 0.1) is 32.7 Å². The van der Waals surface area contributed by atoms with Crippen molar-refractivity contribution in [1.82, 2.24) is 0 Å². The molecule has 0 spiro atoms. The SMILES string of the molecule is COc1cc(/C=C2\C(=O)N(c3c(F)c(F)c(F)c(F)c3F)N=C2C)cc(I)c1OCc1ccc(Cl)cc1. The monoisotopic (exact) mass is 648 g/mol. The zero-order valence-electron chi connectivity index (χ0n) is 19.0. The number of carbonyl (C=O) groups excluding carboxylic acids is 1. The number of methoxy groups -OCH3 is 1. The second-order valence-electron chi connectivity index (χ2n) is 7.73. The minimum absolute atomic E-state index is 0.00554. The number of hydrogen-bond acceptors (Lipinski definition) is 4. The van der Waals surface area contributed by atoms with Gasteiger partial charge in [0.05, 0.1) is 22.0 Å². The van der Waals surface area contributed by atoms with Crippen LogP contribution in [0.15, 0.2) is 47.1 Å². The van der Waals surface area contributed by atoms with Crippen LogP contribution >= 0.6 is 34.2 Å². The maximum absolute atomic E-state index is 14.3. The van der Waals surface area contributed by atoms with Crippen molar-refractivity contribution in [3.63, 3.8) is 0 Å². The molecule has 0 saturated heterocycles. The molecule has 0 N–H and O–H groups in total. The summed E-state index contributed by atoms with van der Waals surface area (Å²) in [5.41, 5.74) is -0.257.